The highest BCUT2D eigenvalue weighted by molar-refractivity contribution is 5.93. The number of aromatic carboxylic acids is 1. The minimum Gasteiger partial charge on any atom is -0.491 e. The Hall–Kier alpha value is -3.05. The molecule has 0 saturated heterocycles. The molecular formula is C19H16O5. The van der Waals surface area contributed by atoms with Gasteiger partial charge in [0, 0.05) is 5.56 Å². The summed E-state index contributed by atoms with van der Waals surface area (Å²) in [6, 6.07) is 17.8. The molecule has 0 amide bonds. The third-order valence-electron chi connectivity index (χ3n) is 3.60. The number of carbonyl (C=O) groups is 1. The molecule has 1 unspecified atom stereocenters. The van der Waals surface area contributed by atoms with Gasteiger partial charge in [0.05, 0.1) is 6.26 Å². The fourth-order valence-corrected chi connectivity index (χ4v) is 2.40. The first-order valence-electron chi connectivity index (χ1n) is 7.42. The lowest BCUT2D eigenvalue weighted by Crippen LogP contribution is -2.09. The Morgan fingerprint density at radius 1 is 1.08 bits per heavy atom. The third kappa shape index (κ3) is 3.47. The summed E-state index contributed by atoms with van der Waals surface area (Å²) in [5.74, 6) is -0.697. The quantitative estimate of drug-likeness (QED) is 0.722. The molecule has 0 fully saturated rings. The fraction of sp³-hybridized carbons (Fsp3) is 0.105. The van der Waals surface area contributed by atoms with Gasteiger partial charge in [-0.05, 0) is 29.3 Å². The van der Waals surface area contributed by atoms with Crippen LogP contribution in [0.1, 0.15) is 22.2 Å². The molecule has 2 aromatic carbocycles. The van der Waals surface area contributed by atoms with Crippen molar-refractivity contribution in [3.8, 4) is 16.9 Å². The van der Waals surface area contributed by atoms with Crippen molar-refractivity contribution in [3.05, 3.63) is 78.3 Å². The van der Waals surface area contributed by atoms with Gasteiger partial charge in [-0.3, -0.25) is 0 Å². The van der Waals surface area contributed by atoms with Crippen LogP contribution < -0.4 is 4.74 Å². The molecule has 1 aromatic heterocycles. The highest BCUT2D eigenvalue weighted by Crippen LogP contribution is 2.28. The lowest BCUT2D eigenvalue weighted by atomic mass is 10.1. The third-order valence-corrected chi connectivity index (χ3v) is 3.60. The number of benzene rings is 2. The summed E-state index contributed by atoms with van der Waals surface area (Å²) in [4.78, 5) is 11.2. The summed E-state index contributed by atoms with van der Waals surface area (Å²) in [6.07, 6.45) is 0.601. The largest absolute Gasteiger partial charge is 0.491 e. The van der Waals surface area contributed by atoms with Crippen molar-refractivity contribution in [2.24, 2.45) is 0 Å². The van der Waals surface area contributed by atoms with Crippen LogP contribution in [0.5, 0.6) is 5.75 Å². The Kier molecular flexibility index (Phi) is 4.63. The molecule has 122 valence electrons. The molecule has 0 spiro atoms. The lowest BCUT2D eigenvalue weighted by molar-refractivity contribution is 0.0663. The van der Waals surface area contributed by atoms with Gasteiger partial charge in [-0.2, -0.15) is 0 Å². The van der Waals surface area contributed by atoms with Crippen LogP contribution in [-0.4, -0.2) is 22.8 Å². The second-order valence-corrected chi connectivity index (χ2v) is 5.23. The van der Waals surface area contributed by atoms with Gasteiger partial charge in [0.15, 0.2) is 0 Å². The van der Waals surface area contributed by atoms with Gasteiger partial charge in [0.1, 0.15) is 18.5 Å². The number of carboxylic acids is 1. The van der Waals surface area contributed by atoms with Crippen molar-refractivity contribution < 1.29 is 24.2 Å². The summed E-state index contributed by atoms with van der Waals surface area (Å²) >= 11 is 0. The predicted octanol–water partition coefficient (Wildman–Crippen LogP) is 3.76. The lowest BCUT2D eigenvalue weighted by Gasteiger charge is -2.13. The van der Waals surface area contributed by atoms with E-state index in [4.69, 9.17) is 14.3 Å². The first-order valence-corrected chi connectivity index (χ1v) is 7.42. The smallest absolute Gasteiger partial charge is 0.372 e. The van der Waals surface area contributed by atoms with Gasteiger partial charge in [-0.25, -0.2) is 4.79 Å². The number of aliphatic hydroxyl groups is 1. The Labute approximate surface area is 138 Å². The normalized spacial score (nSPS) is 11.9. The number of ether oxygens (including phenoxy) is 1. The molecule has 3 aromatic rings. The summed E-state index contributed by atoms with van der Waals surface area (Å²) in [7, 11) is 0. The highest BCUT2D eigenvalue weighted by atomic mass is 16.5. The minimum atomic E-state index is -1.12. The van der Waals surface area contributed by atoms with Crippen LogP contribution in [0.15, 0.2) is 71.3 Å². The van der Waals surface area contributed by atoms with Crippen molar-refractivity contribution in [1.29, 1.82) is 0 Å². The van der Waals surface area contributed by atoms with E-state index in [9.17, 15) is 9.90 Å². The maximum atomic E-state index is 11.2. The Bertz CT molecular complexity index is 823. The summed E-state index contributed by atoms with van der Waals surface area (Å²) < 4.78 is 10.6. The monoisotopic (exact) mass is 324 g/mol. The van der Waals surface area contributed by atoms with Gasteiger partial charge in [-0.15, -0.1) is 0 Å². The molecule has 1 heterocycles. The van der Waals surface area contributed by atoms with E-state index in [0.29, 0.717) is 16.9 Å². The Balaban J connectivity index is 1.74. The second kappa shape index (κ2) is 7.02. The SMILES string of the molecule is O=C(O)c1occc1-c1cccc(OCC(O)c2ccccc2)c1. The van der Waals surface area contributed by atoms with E-state index in [1.54, 1.807) is 30.3 Å². The molecule has 0 saturated carbocycles. The molecule has 5 heteroatoms. The zero-order chi connectivity index (χ0) is 16.9. The molecule has 5 nitrogen and oxygen atoms in total. The molecule has 0 aliphatic heterocycles. The van der Waals surface area contributed by atoms with Crippen molar-refractivity contribution in [1.82, 2.24) is 0 Å². The first kappa shape index (κ1) is 15.8. The summed E-state index contributed by atoms with van der Waals surface area (Å²) in [6.45, 7) is 0.102. The van der Waals surface area contributed by atoms with Crippen molar-refractivity contribution in [3.63, 3.8) is 0 Å². The number of hydrogen-bond acceptors (Lipinski definition) is 4. The second-order valence-electron chi connectivity index (χ2n) is 5.23. The predicted molar refractivity (Wildman–Crippen MR) is 88.0 cm³/mol. The number of furan rings is 1. The molecule has 0 bridgehead atoms. The maximum Gasteiger partial charge on any atom is 0.372 e. The average molecular weight is 324 g/mol. The van der Waals surface area contributed by atoms with E-state index < -0.39 is 12.1 Å². The standard InChI is InChI=1S/C19H16O5/c20-17(13-5-2-1-3-6-13)12-24-15-8-4-7-14(11-15)16-9-10-23-18(16)19(21)22/h1-11,17,20H,12H2,(H,21,22). The van der Waals surface area contributed by atoms with E-state index in [1.165, 1.54) is 6.26 Å². The zero-order valence-electron chi connectivity index (χ0n) is 12.8. The van der Waals surface area contributed by atoms with E-state index in [1.807, 2.05) is 30.3 Å². The van der Waals surface area contributed by atoms with E-state index in [-0.39, 0.29) is 12.4 Å². The van der Waals surface area contributed by atoms with Gasteiger partial charge in [0.25, 0.3) is 0 Å². The van der Waals surface area contributed by atoms with E-state index in [0.717, 1.165) is 5.56 Å². The molecule has 0 aliphatic carbocycles. The molecule has 2 N–H and O–H groups in total. The average Bonchev–Trinajstić information content (AvgIpc) is 3.11. The van der Waals surface area contributed by atoms with Gasteiger partial charge < -0.3 is 19.4 Å². The van der Waals surface area contributed by atoms with Gasteiger partial charge in [-0.1, -0.05) is 42.5 Å². The van der Waals surface area contributed by atoms with Gasteiger partial charge in [0.2, 0.25) is 5.76 Å². The summed E-state index contributed by atoms with van der Waals surface area (Å²) in [5, 5.41) is 19.3. The van der Waals surface area contributed by atoms with Crippen molar-refractivity contribution >= 4 is 5.97 Å². The van der Waals surface area contributed by atoms with Crippen molar-refractivity contribution in [2.75, 3.05) is 6.61 Å². The molecule has 3 rings (SSSR count). The zero-order valence-corrected chi connectivity index (χ0v) is 12.8. The van der Waals surface area contributed by atoms with Gasteiger partial charge >= 0.3 is 5.97 Å². The molecule has 0 aliphatic rings. The number of aliphatic hydroxyl groups excluding tert-OH is 1. The van der Waals surface area contributed by atoms with Crippen LogP contribution in [0.2, 0.25) is 0 Å². The fourth-order valence-electron chi connectivity index (χ4n) is 2.40. The minimum absolute atomic E-state index is 0.102. The number of rotatable bonds is 6. The van der Waals surface area contributed by atoms with Crippen LogP contribution in [-0.2, 0) is 0 Å². The Morgan fingerprint density at radius 3 is 2.62 bits per heavy atom. The van der Waals surface area contributed by atoms with E-state index in [2.05, 4.69) is 0 Å². The molecule has 1 atom stereocenters. The first-order chi connectivity index (χ1) is 11.6. The van der Waals surface area contributed by atoms with Crippen LogP contribution in [0.3, 0.4) is 0 Å². The summed E-state index contributed by atoms with van der Waals surface area (Å²) in [5.41, 5.74) is 1.93. The van der Waals surface area contributed by atoms with Crippen LogP contribution in [0, 0.1) is 0 Å². The number of carboxylic acid groups (broad SMARTS) is 1. The van der Waals surface area contributed by atoms with Crippen LogP contribution in [0.4, 0.5) is 0 Å². The highest BCUT2D eigenvalue weighted by Gasteiger charge is 2.16. The molecule has 24 heavy (non-hydrogen) atoms. The Morgan fingerprint density at radius 2 is 1.88 bits per heavy atom. The molecule has 0 radical (unpaired) electrons. The maximum absolute atomic E-state index is 11.2. The van der Waals surface area contributed by atoms with Crippen LogP contribution >= 0.6 is 0 Å². The topological polar surface area (TPSA) is 79.9 Å². The molecular weight excluding hydrogens is 308 g/mol. The van der Waals surface area contributed by atoms with Crippen molar-refractivity contribution in [2.45, 2.75) is 6.10 Å². The number of hydrogen-bond donors (Lipinski definition) is 2. The van der Waals surface area contributed by atoms with E-state index >= 15 is 0 Å². The van der Waals surface area contributed by atoms with Crippen LogP contribution in [0.25, 0.3) is 11.1 Å².